The van der Waals surface area contributed by atoms with Gasteiger partial charge in [0.25, 0.3) is 0 Å². The average Bonchev–Trinajstić information content (AvgIpc) is 1.30. The Balaban J connectivity index is 0. The summed E-state index contributed by atoms with van der Waals surface area (Å²) in [6.07, 6.45) is 2.63. The molecule has 0 heterocycles. The topological polar surface area (TPSA) is 0 Å². The highest BCUT2D eigenvalue weighted by Gasteiger charge is 2.08. The molecular weight excluding hydrogens is 231 g/mol. The van der Waals surface area contributed by atoms with Gasteiger partial charge in [0.15, 0.2) is 0 Å². The van der Waals surface area contributed by atoms with Crippen molar-refractivity contribution >= 4 is 36.1 Å². The molecule has 0 bridgehead atoms. The molecule has 8 heavy (non-hydrogen) atoms. The lowest BCUT2D eigenvalue weighted by Crippen LogP contribution is -2.06. The maximum Gasteiger partial charge on any atom is 0.0166 e. The lowest BCUT2D eigenvalue weighted by molar-refractivity contribution is 0.655. The molecule has 0 fully saturated rings. The second-order valence-electron chi connectivity index (χ2n) is 2.47. The molecule has 0 atom stereocenters. The van der Waals surface area contributed by atoms with Crippen LogP contribution in [0, 0.1) is 0 Å². The highest BCUT2D eigenvalue weighted by molar-refractivity contribution is 14.1. The molecule has 0 aromatic carbocycles. The van der Waals surface area contributed by atoms with E-state index in [1.54, 1.807) is 0 Å². The third kappa shape index (κ3) is 10.1. The van der Waals surface area contributed by atoms with Gasteiger partial charge in [-0.3, -0.25) is 0 Å². The lowest BCUT2D eigenvalue weighted by atomic mass is 10.1. The van der Waals surface area contributed by atoms with Gasteiger partial charge in [-0.05, 0) is 6.42 Å². The predicted molar refractivity (Wildman–Crippen MR) is 54.6 cm³/mol. The largest absolute Gasteiger partial charge is 0.0795 e. The first-order valence-corrected chi connectivity index (χ1v) is 3.83. The second kappa shape index (κ2) is 4.91. The van der Waals surface area contributed by atoms with Gasteiger partial charge in [-0.1, -0.05) is 63.3 Å². The van der Waals surface area contributed by atoms with E-state index in [0.29, 0.717) is 3.42 Å². The molecule has 0 nitrogen and oxygen atoms in total. The van der Waals surface area contributed by atoms with E-state index in [1.807, 2.05) is 0 Å². The summed E-state index contributed by atoms with van der Waals surface area (Å²) < 4.78 is 0.520. The van der Waals surface area contributed by atoms with Crippen LogP contribution < -0.4 is 0 Å². The maximum atomic E-state index is 2.48. The van der Waals surface area contributed by atoms with Gasteiger partial charge in [0.2, 0.25) is 0 Å². The molecule has 0 N–H and O–H groups in total. The summed E-state index contributed by atoms with van der Waals surface area (Å²) in [6, 6.07) is 0. The number of hydrogen-bond acceptors (Lipinski definition) is 0. The van der Waals surface area contributed by atoms with Crippen molar-refractivity contribution in [2.75, 3.05) is 0 Å². The first kappa shape index (κ1) is 11.8. The molecule has 0 radical (unpaired) electrons. The van der Waals surface area contributed by atoms with Crippen molar-refractivity contribution in [3.63, 3.8) is 0 Å². The van der Waals surface area contributed by atoms with Crippen LogP contribution >= 0.6 is 22.6 Å². The monoisotopic (exact) mass is 247 g/mol. The zero-order chi connectivity index (χ0) is 5.91. The van der Waals surface area contributed by atoms with Crippen LogP contribution in [0.3, 0.4) is 0 Å². The number of hydrogen-bond donors (Lipinski definition) is 0. The number of alkyl halides is 1. The molecule has 2 heteroatoms. The minimum absolute atomic E-state index is 0. The van der Waals surface area contributed by atoms with Gasteiger partial charge < -0.3 is 0 Å². The van der Waals surface area contributed by atoms with E-state index in [-0.39, 0.29) is 13.5 Å². The van der Waals surface area contributed by atoms with Gasteiger partial charge in [0.1, 0.15) is 0 Å². The van der Waals surface area contributed by atoms with E-state index >= 15 is 0 Å². The van der Waals surface area contributed by atoms with Crippen LogP contribution in [-0.4, -0.2) is 3.42 Å². The van der Waals surface area contributed by atoms with E-state index in [2.05, 4.69) is 43.4 Å². The van der Waals surface area contributed by atoms with Crippen molar-refractivity contribution in [1.29, 1.82) is 0 Å². The number of halogens is 1. The third-order valence-electron chi connectivity index (χ3n) is 0.844. The van der Waals surface area contributed by atoms with Crippen LogP contribution in [-0.2, 0) is 13.5 Å². The molecule has 0 aliphatic heterocycles. The molecule has 0 spiro atoms. The minimum atomic E-state index is 0. The Hall–Kier alpha value is 1.08. The quantitative estimate of drug-likeness (QED) is 0.398. The van der Waals surface area contributed by atoms with Crippen molar-refractivity contribution in [2.24, 2.45) is 0 Å². The Labute approximate surface area is 73.0 Å². The van der Waals surface area contributed by atoms with Crippen molar-refractivity contribution in [2.45, 2.75) is 37.0 Å². The lowest BCUT2D eigenvalue weighted by Gasteiger charge is -2.12. The van der Waals surface area contributed by atoms with Crippen LogP contribution in [0.2, 0.25) is 0 Å². The molecule has 0 saturated carbocycles. The van der Waals surface area contributed by atoms with Crippen LogP contribution in [0.5, 0.6) is 0 Å². The van der Waals surface area contributed by atoms with Gasteiger partial charge in [0.05, 0.1) is 0 Å². The molecule has 0 aliphatic carbocycles. The highest BCUT2D eigenvalue weighted by Crippen LogP contribution is 2.21. The Morgan fingerprint density at radius 3 is 1.75 bits per heavy atom. The minimum Gasteiger partial charge on any atom is -0.0795 e. The Morgan fingerprint density at radius 1 is 1.38 bits per heavy atom. The van der Waals surface area contributed by atoms with Crippen LogP contribution in [0.15, 0.2) is 0 Å². The van der Waals surface area contributed by atoms with Crippen LogP contribution in [0.1, 0.15) is 33.6 Å². The van der Waals surface area contributed by atoms with Gasteiger partial charge in [-0.2, -0.15) is 0 Å². The van der Waals surface area contributed by atoms with Crippen molar-refractivity contribution < 1.29 is 0 Å². The molecular formula is C6H16IS+. The Kier molecular flexibility index (Phi) is 7.26. The summed E-state index contributed by atoms with van der Waals surface area (Å²) in [7, 11) is 0. The first-order valence-electron chi connectivity index (χ1n) is 2.75. The molecule has 0 aromatic heterocycles. The summed E-state index contributed by atoms with van der Waals surface area (Å²) in [4.78, 5) is 0. The number of rotatable bonds is 2. The van der Waals surface area contributed by atoms with Crippen molar-refractivity contribution in [1.82, 2.24) is 0 Å². The van der Waals surface area contributed by atoms with Crippen molar-refractivity contribution in [3.05, 3.63) is 0 Å². The maximum absolute atomic E-state index is 2.48. The molecule has 0 aliphatic rings. The normalized spacial score (nSPS) is 10.5. The fourth-order valence-electron chi connectivity index (χ4n) is 0.594. The smallest absolute Gasteiger partial charge is 0.0166 e. The van der Waals surface area contributed by atoms with Gasteiger partial charge in [0, 0.05) is 3.42 Å². The van der Waals surface area contributed by atoms with Crippen molar-refractivity contribution in [3.8, 4) is 0 Å². The summed E-state index contributed by atoms with van der Waals surface area (Å²) in [5.74, 6) is 0. The average molecular weight is 247 g/mol. The van der Waals surface area contributed by atoms with Gasteiger partial charge in [-0.15, -0.1) is 0 Å². The van der Waals surface area contributed by atoms with Gasteiger partial charge >= 0.3 is 0 Å². The Bertz CT molecular complexity index is 47.0. The standard InChI is InChI=1S/C6H13I.H2S/c1-4-5-6(2,3)7;/h4-5H2,1-3H3;1H2/p+1. The first-order chi connectivity index (χ1) is 3.06. The van der Waals surface area contributed by atoms with E-state index in [4.69, 9.17) is 0 Å². The fraction of sp³-hybridized carbons (Fsp3) is 1.00. The van der Waals surface area contributed by atoms with Gasteiger partial charge in [-0.25, -0.2) is 0 Å². The summed E-state index contributed by atoms with van der Waals surface area (Å²) >= 11 is 2.48. The molecule has 0 amide bonds. The summed E-state index contributed by atoms with van der Waals surface area (Å²) in [5.41, 5.74) is 0. The third-order valence-corrected chi connectivity index (χ3v) is 1.38. The zero-order valence-electron chi connectivity index (χ0n) is 5.87. The molecule has 0 unspecified atom stereocenters. The molecule has 0 saturated heterocycles. The van der Waals surface area contributed by atoms with Crippen LogP contribution in [0.4, 0.5) is 0 Å². The predicted octanol–water partition coefficient (Wildman–Crippen LogP) is 2.19. The fourth-order valence-corrected chi connectivity index (χ4v) is 1.13. The SMILES string of the molecule is CCCC(C)(C)I.[SH3+]. The summed E-state index contributed by atoms with van der Waals surface area (Å²) in [6.45, 7) is 6.74. The summed E-state index contributed by atoms with van der Waals surface area (Å²) in [5, 5.41) is 0. The van der Waals surface area contributed by atoms with E-state index in [9.17, 15) is 0 Å². The molecule has 52 valence electrons. The van der Waals surface area contributed by atoms with Crippen LogP contribution in [0.25, 0.3) is 0 Å². The molecule has 0 rings (SSSR count). The van der Waals surface area contributed by atoms with E-state index in [1.165, 1.54) is 12.8 Å². The Morgan fingerprint density at radius 2 is 1.75 bits per heavy atom. The second-order valence-corrected chi connectivity index (χ2v) is 5.39. The zero-order valence-corrected chi connectivity index (χ0v) is 9.18. The van der Waals surface area contributed by atoms with E-state index < -0.39 is 0 Å². The highest BCUT2D eigenvalue weighted by atomic mass is 127. The molecule has 0 aromatic rings. The van der Waals surface area contributed by atoms with E-state index in [0.717, 1.165) is 0 Å².